The van der Waals surface area contributed by atoms with E-state index in [9.17, 15) is 13.2 Å². The molecule has 4 heterocycles. The molecule has 0 atom stereocenters. The van der Waals surface area contributed by atoms with Gasteiger partial charge in [0.1, 0.15) is 9.90 Å². The highest BCUT2D eigenvalue weighted by atomic mass is 32.2. The largest absolute Gasteiger partial charge is 0.401 e. The smallest absolute Gasteiger partial charge is 0.322 e. The Morgan fingerprint density at radius 1 is 1.27 bits per heavy atom. The summed E-state index contributed by atoms with van der Waals surface area (Å²) < 4.78 is 34.3. The van der Waals surface area contributed by atoms with Crippen LogP contribution in [-0.2, 0) is 14.8 Å². The Bertz CT molecular complexity index is 1110. The molecule has 1 amide bonds. The summed E-state index contributed by atoms with van der Waals surface area (Å²) in [7, 11) is -3.49. The Morgan fingerprint density at radius 3 is 2.70 bits per heavy atom. The fourth-order valence-corrected chi connectivity index (χ4v) is 5.99. The number of piperidine rings is 1. The van der Waals surface area contributed by atoms with Gasteiger partial charge in [0.2, 0.25) is 5.91 Å². The molecule has 0 unspecified atom stereocenters. The van der Waals surface area contributed by atoms with Crippen molar-refractivity contribution in [3.05, 3.63) is 29.8 Å². The maximum atomic E-state index is 12.6. The molecule has 30 heavy (non-hydrogen) atoms. The number of carbonyl (C=O) groups is 1. The van der Waals surface area contributed by atoms with Crippen LogP contribution in [0.5, 0.6) is 0 Å². The van der Waals surface area contributed by atoms with Crippen molar-refractivity contribution in [3.8, 4) is 11.6 Å². The minimum absolute atomic E-state index is 0.0140. The van der Waals surface area contributed by atoms with Gasteiger partial charge in [0.25, 0.3) is 15.9 Å². The first kappa shape index (κ1) is 20.7. The highest BCUT2D eigenvalue weighted by Gasteiger charge is 2.33. The molecule has 3 aromatic rings. The standard InChI is InChI=1S/C18H22N6O4S2/c1-12(2)24-14(5-8-19-24)17-21-22-18(28-17)20-16(25)13-6-9-23(10-7-13)30(26,27)15-4-3-11-29-15/h3-5,8,11-13H,6-7,9-10H2,1-2H3,(H,20,22,25). The van der Waals surface area contributed by atoms with Gasteiger partial charge in [-0.05, 0) is 44.2 Å². The van der Waals surface area contributed by atoms with Crippen molar-refractivity contribution in [2.75, 3.05) is 18.4 Å². The zero-order valence-corrected chi connectivity index (χ0v) is 18.2. The Labute approximate surface area is 178 Å². The van der Waals surface area contributed by atoms with E-state index in [0.717, 1.165) is 0 Å². The van der Waals surface area contributed by atoms with Crippen LogP contribution in [0.1, 0.15) is 32.7 Å². The Kier molecular flexibility index (Phi) is 5.71. The van der Waals surface area contributed by atoms with Crippen LogP contribution in [0, 0.1) is 5.92 Å². The molecule has 0 bridgehead atoms. The van der Waals surface area contributed by atoms with E-state index >= 15 is 0 Å². The number of anilines is 1. The second kappa shape index (κ2) is 8.28. The number of carbonyl (C=O) groups excluding carboxylic acids is 1. The summed E-state index contributed by atoms with van der Waals surface area (Å²) in [6, 6.07) is 5.21. The molecule has 1 aliphatic rings. The summed E-state index contributed by atoms with van der Waals surface area (Å²) in [6.45, 7) is 4.56. The zero-order chi connectivity index (χ0) is 21.3. The molecule has 0 radical (unpaired) electrons. The lowest BCUT2D eigenvalue weighted by atomic mass is 9.97. The van der Waals surface area contributed by atoms with Crippen LogP contribution in [0.4, 0.5) is 6.01 Å². The van der Waals surface area contributed by atoms with Gasteiger partial charge in [0, 0.05) is 31.2 Å². The molecule has 12 heteroatoms. The van der Waals surface area contributed by atoms with Gasteiger partial charge in [-0.15, -0.1) is 16.4 Å². The molecule has 1 N–H and O–H groups in total. The van der Waals surface area contributed by atoms with Gasteiger partial charge in [0.15, 0.2) is 0 Å². The Morgan fingerprint density at radius 2 is 2.03 bits per heavy atom. The van der Waals surface area contributed by atoms with Gasteiger partial charge >= 0.3 is 6.01 Å². The van der Waals surface area contributed by atoms with E-state index in [1.54, 1.807) is 34.5 Å². The van der Waals surface area contributed by atoms with Gasteiger partial charge in [-0.1, -0.05) is 11.2 Å². The fourth-order valence-electron chi connectivity index (χ4n) is 3.38. The fraction of sp³-hybridized carbons (Fsp3) is 0.444. The first-order valence-corrected chi connectivity index (χ1v) is 11.9. The van der Waals surface area contributed by atoms with E-state index in [1.807, 2.05) is 13.8 Å². The molecule has 1 saturated heterocycles. The molecule has 3 aromatic heterocycles. The topological polar surface area (TPSA) is 123 Å². The van der Waals surface area contributed by atoms with Gasteiger partial charge in [-0.25, -0.2) is 8.42 Å². The van der Waals surface area contributed by atoms with E-state index in [1.165, 1.54) is 15.6 Å². The Balaban J connectivity index is 1.37. The first-order valence-electron chi connectivity index (χ1n) is 9.58. The second-order valence-electron chi connectivity index (χ2n) is 7.27. The van der Waals surface area contributed by atoms with Gasteiger partial charge in [0.05, 0.1) is 0 Å². The quantitative estimate of drug-likeness (QED) is 0.612. The maximum absolute atomic E-state index is 12.6. The number of aromatic nitrogens is 4. The molecule has 1 fully saturated rings. The molecule has 0 spiro atoms. The normalized spacial score (nSPS) is 16.2. The summed E-state index contributed by atoms with van der Waals surface area (Å²) >= 11 is 1.19. The number of hydrogen-bond donors (Lipinski definition) is 1. The van der Waals surface area contributed by atoms with Crippen molar-refractivity contribution >= 4 is 33.3 Å². The molecular weight excluding hydrogens is 428 g/mol. The minimum Gasteiger partial charge on any atom is -0.401 e. The number of nitrogens with zero attached hydrogens (tertiary/aromatic N) is 5. The molecule has 1 aliphatic heterocycles. The molecule has 10 nitrogen and oxygen atoms in total. The summed E-state index contributed by atoms with van der Waals surface area (Å²) in [5.74, 6) is -0.305. The lowest BCUT2D eigenvalue weighted by Gasteiger charge is -2.29. The second-order valence-corrected chi connectivity index (χ2v) is 10.4. The highest BCUT2D eigenvalue weighted by Crippen LogP contribution is 2.27. The number of thiophene rings is 1. The highest BCUT2D eigenvalue weighted by molar-refractivity contribution is 7.91. The monoisotopic (exact) mass is 450 g/mol. The van der Waals surface area contributed by atoms with E-state index in [0.29, 0.717) is 35.8 Å². The minimum atomic E-state index is -3.49. The van der Waals surface area contributed by atoms with Gasteiger partial charge < -0.3 is 4.42 Å². The lowest BCUT2D eigenvalue weighted by molar-refractivity contribution is -0.121. The molecule has 0 aliphatic carbocycles. The predicted molar refractivity (Wildman–Crippen MR) is 110 cm³/mol. The van der Waals surface area contributed by atoms with Crippen LogP contribution < -0.4 is 5.32 Å². The van der Waals surface area contributed by atoms with Gasteiger partial charge in [-0.3, -0.25) is 14.8 Å². The van der Waals surface area contributed by atoms with Crippen molar-refractivity contribution in [1.82, 2.24) is 24.3 Å². The molecule has 0 aromatic carbocycles. The van der Waals surface area contributed by atoms with Crippen LogP contribution in [0.3, 0.4) is 0 Å². The van der Waals surface area contributed by atoms with Crippen molar-refractivity contribution < 1.29 is 17.6 Å². The van der Waals surface area contributed by atoms with Crippen LogP contribution in [0.25, 0.3) is 11.6 Å². The molecule has 0 saturated carbocycles. The number of rotatable bonds is 6. The molecule has 4 rings (SSSR count). The third-order valence-corrected chi connectivity index (χ3v) is 8.22. The number of amides is 1. The lowest BCUT2D eigenvalue weighted by Crippen LogP contribution is -2.41. The Hall–Kier alpha value is -2.57. The van der Waals surface area contributed by atoms with E-state index in [-0.39, 0.29) is 29.8 Å². The van der Waals surface area contributed by atoms with Crippen molar-refractivity contribution in [2.24, 2.45) is 5.92 Å². The van der Waals surface area contributed by atoms with Crippen molar-refractivity contribution in [1.29, 1.82) is 0 Å². The molecular formula is C18H22N6O4S2. The first-order chi connectivity index (χ1) is 14.4. The summed E-state index contributed by atoms with van der Waals surface area (Å²) in [5.41, 5.74) is 0.671. The van der Waals surface area contributed by atoms with E-state index < -0.39 is 10.0 Å². The summed E-state index contributed by atoms with van der Waals surface area (Å²) in [6.07, 6.45) is 2.50. The van der Waals surface area contributed by atoms with Crippen LogP contribution in [0.2, 0.25) is 0 Å². The number of nitrogens with one attached hydrogen (secondary N) is 1. The SMILES string of the molecule is CC(C)n1nccc1-c1nnc(NC(=O)C2CCN(S(=O)(=O)c3cccs3)CC2)o1. The van der Waals surface area contributed by atoms with Crippen LogP contribution >= 0.6 is 11.3 Å². The average molecular weight is 451 g/mol. The summed E-state index contributed by atoms with van der Waals surface area (Å²) in [5, 5.41) is 16.5. The van der Waals surface area contributed by atoms with Crippen molar-refractivity contribution in [2.45, 2.75) is 36.9 Å². The number of sulfonamides is 1. The van der Waals surface area contributed by atoms with Crippen molar-refractivity contribution in [3.63, 3.8) is 0 Å². The predicted octanol–water partition coefficient (Wildman–Crippen LogP) is 2.61. The number of hydrogen-bond acceptors (Lipinski definition) is 8. The van der Waals surface area contributed by atoms with E-state index in [4.69, 9.17) is 4.42 Å². The molecule has 160 valence electrons. The third kappa shape index (κ3) is 4.02. The third-order valence-electron chi connectivity index (χ3n) is 4.95. The van der Waals surface area contributed by atoms with E-state index in [2.05, 4.69) is 20.6 Å². The summed E-state index contributed by atoms with van der Waals surface area (Å²) in [4.78, 5) is 12.6. The maximum Gasteiger partial charge on any atom is 0.322 e. The van der Waals surface area contributed by atoms with Gasteiger partial charge in [-0.2, -0.15) is 9.40 Å². The van der Waals surface area contributed by atoms with Crippen LogP contribution in [0.15, 0.2) is 38.4 Å². The average Bonchev–Trinajstić information content (AvgIpc) is 3.48. The zero-order valence-electron chi connectivity index (χ0n) is 16.6. The van der Waals surface area contributed by atoms with Crippen LogP contribution in [-0.4, -0.2) is 51.7 Å².